The average Bonchev–Trinajstić information content (AvgIpc) is 2.67. The van der Waals surface area contributed by atoms with Gasteiger partial charge < -0.3 is 5.32 Å². The third-order valence-corrected chi connectivity index (χ3v) is 3.74. The molecule has 0 saturated carbocycles. The molecular weight excluding hydrogens is 318 g/mol. The van der Waals surface area contributed by atoms with E-state index in [0.29, 0.717) is 12.2 Å². The third-order valence-electron chi connectivity index (χ3n) is 3.74. The van der Waals surface area contributed by atoms with Crippen LogP contribution in [0.4, 0.5) is 0 Å². The highest BCUT2D eigenvalue weighted by molar-refractivity contribution is 5.79. The Kier molecular flexibility index (Phi) is 4.94. The molecule has 126 valence electrons. The lowest BCUT2D eigenvalue weighted by molar-refractivity contribution is -0.124. The molecule has 25 heavy (non-hydrogen) atoms. The van der Waals surface area contributed by atoms with Crippen LogP contribution in [0.15, 0.2) is 66.0 Å². The van der Waals surface area contributed by atoms with Crippen molar-refractivity contribution in [3.63, 3.8) is 0 Å². The van der Waals surface area contributed by atoms with Gasteiger partial charge in [-0.1, -0.05) is 6.07 Å². The van der Waals surface area contributed by atoms with E-state index >= 15 is 0 Å². The largest absolute Gasteiger partial charge is 0.350 e. The Hall–Kier alpha value is -3.35. The van der Waals surface area contributed by atoms with Crippen molar-refractivity contribution in [1.82, 2.24) is 25.1 Å². The molecule has 1 unspecified atom stereocenters. The van der Waals surface area contributed by atoms with E-state index in [4.69, 9.17) is 0 Å². The zero-order valence-electron chi connectivity index (χ0n) is 13.7. The molecule has 3 heterocycles. The fraction of sp³-hybridized carbons (Fsp3) is 0.167. The summed E-state index contributed by atoms with van der Waals surface area (Å²) in [4.78, 5) is 32.5. The molecule has 0 saturated heterocycles. The second kappa shape index (κ2) is 7.48. The molecule has 3 aromatic heterocycles. The van der Waals surface area contributed by atoms with Gasteiger partial charge in [-0.05, 0) is 36.8 Å². The molecule has 0 fully saturated rings. The summed E-state index contributed by atoms with van der Waals surface area (Å²) in [5.74, 6) is -0.287. The van der Waals surface area contributed by atoms with E-state index in [0.717, 1.165) is 11.1 Å². The molecule has 7 nitrogen and oxygen atoms in total. The quantitative estimate of drug-likeness (QED) is 0.764. The smallest absolute Gasteiger partial charge is 0.267 e. The number of nitrogens with zero attached hydrogens (tertiary/aromatic N) is 4. The van der Waals surface area contributed by atoms with E-state index in [-0.39, 0.29) is 11.5 Å². The van der Waals surface area contributed by atoms with Crippen molar-refractivity contribution in [1.29, 1.82) is 0 Å². The standard InChI is InChI=1S/C18H17N5O2/c1-13(18(25)21-12-14-3-2-8-20-11-14)23-17(24)5-4-16(22-23)15-6-9-19-10-7-15/h2-11,13H,12H2,1H3,(H,21,25). The minimum absolute atomic E-state index is 0.287. The molecule has 0 spiro atoms. The lowest BCUT2D eigenvalue weighted by Gasteiger charge is -2.15. The molecule has 7 heteroatoms. The van der Waals surface area contributed by atoms with Gasteiger partial charge in [0.05, 0.1) is 5.69 Å². The van der Waals surface area contributed by atoms with Crippen LogP contribution in [0.3, 0.4) is 0 Å². The Bertz CT molecular complexity index is 910. The first-order chi connectivity index (χ1) is 12.1. The summed E-state index contributed by atoms with van der Waals surface area (Å²) in [5.41, 5.74) is 1.98. The van der Waals surface area contributed by atoms with Gasteiger partial charge in [0.25, 0.3) is 5.56 Å². The number of nitrogens with one attached hydrogen (secondary N) is 1. The van der Waals surface area contributed by atoms with E-state index < -0.39 is 6.04 Å². The summed E-state index contributed by atoms with van der Waals surface area (Å²) in [6.45, 7) is 1.99. The summed E-state index contributed by atoms with van der Waals surface area (Å²) < 4.78 is 1.19. The average molecular weight is 335 g/mol. The lowest BCUT2D eigenvalue weighted by atomic mass is 10.2. The number of pyridine rings is 2. The SMILES string of the molecule is CC(C(=O)NCc1cccnc1)n1nc(-c2ccncc2)ccc1=O. The van der Waals surface area contributed by atoms with Crippen LogP contribution < -0.4 is 10.9 Å². The van der Waals surface area contributed by atoms with Crippen LogP contribution >= 0.6 is 0 Å². The number of aromatic nitrogens is 4. The van der Waals surface area contributed by atoms with Gasteiger partial charge >= 0.3 is 0 Å². The van der Waals surface area contributed by atoms with Crippen molar-refractivity contribution in [2.45, 2.75) is 19.5 Å². The van der Waals surface area contributed by atoms with Crippen molar-refractivity contribution >= 4 is 5.91 Å². The van der Waals surface area contributed by atoms with Crippen molar-refractivity contribution in [2.24, 2.45) is 0 Å². The molecule has 0 aliphatic carbocycles. The van der Waals surface area contributed by atoms with Gasteiger partial charge in [0, 0.05) is 43.0 Å². The fourth-order valence-corrected chi connectivity index (χ4v) is 2.33. The number of carbonyl (C=O) groups is 1. The molecule has 0 aliphatic heterocycles. The van der Waals surface area contributed by atoms with Crippen molar-refractivity contribution < 1.29 is 4.79 Å². The normalized spacial score (nSPS) is 11.7. The number of hydrogen-bond donors (Lipinski definition) is 1. The molecule has 0 aromatic carbocycles. The minimum atomic E-state index is -0.731. The Morgan fingerprint density at radius 3 is 2.64 bits per heavy atom. The number of amides is 1. The summed E-state index contributed by atoms with van der Waals surface area (Å²) in [6.07, 6.45) is 6.65. The summed E-state index contributed by atoms with van der Waals surface area (Å²) in [6, 6.07) is 9.57. The second-order valence-electron chi connectivity index (χ2n) is 5.49. The minimum Gasteiger partial charge on any atom is -0.350 e. The Balaban J connectivity index is 1.78. The van der Waals surface area contributed by atoms with E-state index in [2.05, 4.69) is 20.4 Å². The molecular formula is C18H17N5O2. The maximum atomic E-state index is 12.4. The van der Waals surface area contributed by atoms with Crippen LogP contribution in [0.1, 0.15) is 18.5 Å². The van der Waals surface area contributed by atoms with Gasteiger partial charge in [-0.3, -0.25) is 19.6 Å². The molecule has 1 N–H and O–H groups in total. The Labute approximate surface area is 144 Å². The number of hydrogen-bond acceptors (Lipinski definition) is 5. The van der Waals surface area contributed by atoms with E-state index in [1.807, 2.05) is 6.07 Å². The topological polar surface area (TPSA) is 89.8 Å². The first kappa shape index (κ1) is 16.5. The van der Waals surface area contributed by atoms with Crippen molar-refractivity contribution in [2.75, 3.05) is 0 Å². The van der Waals surface area contributed by atoms with Crippen LogP contribution in [0.2, 0.25) is 0 Å². The number of carbonyl (C=O) groups excluding carboxylic acids is 1. The molecule has 3 rings (SSSR count). The molecule has 1 atom stereocenters. The van der Waals surface area contributed by atoms with Gasteiger partial charge in [0.2, 0.25) is 5.91 Å². The summed E-state index contributed by atoms with van der Waals surface area (Å²) >= 11 is 0. The van der Waals surface area contributed by atoms with Gasteiger partial charge in [-0.25, -0.2) is 4.68 Å². The highest BCUT2D eigenvalue weighted by Gasteiger charge is 2.17. The van der Waals surface area contributed by atoms with Crippen LogP contribution in [-0.2, 0) is 11.3 Å². The lowest BCUT2D eigenvalue weighted by Crippen LogP contribution is -2.36. The zero-order valence-corrected chi connectivity index (χ0v) is 13.7. The highest BCUT2D eigenvalue weighted by Crippen LogP contribution is 2.14. The van der Waals surface area contributed by atoms with Crippen molar-refractivity contribution in [3.05, 3.63) is 77.1 Å². The molecule has 0 bridgehead atoms. The summed E-state index contributed by atoms with van der Waals surface area (Å²) in [5, 5.41) is 7.12. The number of rotatable bonds is 5. The van der Waals surface area contributed by atoms with Crippen LogP contribution in [0.5, 0.6) is 0 Å². The summed E-state index contributed by atoms with van der Waals surface area (Å²) in [7, 11) is 0. The Morgan fingerprint density at radius 2 is 1.92 bits per heavy atom. The van der Waals surface area contributed by atoms with Gasteiger partial charge in [-0.2, -0.15) is 5.10 Å². The van der Waals surface area contributed by atoms with Crippen molar-refractivity contribution in [3.8, 4) is 11.3 Å². The van der Waals surface area contributed by atoms with Gasteiger partial charge in [0.1, 0.15) is 6.04 Å². The van der Waals surface area contributed by atoms with E-state index in [9.17, 15) is 9.59 Å². The molecule has 0 radical (unpaired) electrons. The molecule has 1 amide bonds. The first-order valence-corrected chi connectivity index (χ1v) is 7.82. The monoisotopic (exact) mass is 335 g/mol. The fourth-order valence-electron chi connectivity index (χ4n) is 2.33. The molecule has 3 aromatic rings. The highest BCUT2D eigenvalue weighted by atomic mass is 16.2. The maximum absolute atomic E-state index is 12.4. The molecule has 0 aliphatic rings. The van der Waals surface area contributed by atoms with E-state index in [1.165, 1.54) is 10.7 Å². The first-order valence-electron chi connectivity index (χ1n) is 7.82. The third kappa shape index (κ3) is 3.95. The van der Waals surface area contributed by atoms with Crippen LogP contribution in [0.25, 0.3) is 11.3 Å². The predicted molar refractivity (Wildman–Crippen MR) is 92.5 cm³/mol. The van der Waals surface area contributed by atoms with Crippen LogP contribution in [0, 0.1) is 0 Å². The van der Waals surface area contributed by atoms with E-state index in [1.54, 1.807) is 56.0 Å². The van der Waals surface area contributed by atoms with Gasteiger partial charge in [0.15, 0.2) is 0 Å². The van der Waals surface area contributed by atoms with Crippen LogP contribution in [-0.4, -0.2) is 25.7 Å². The van der Waals surface area contributed by atoms with Gasteiger partial charge in [-0.15, -0.1) is 0 Å². The Morgan fingerprint density at radius 1 is 1.12 bits per heavy atom. The maximum Gasteiger partial charge on any atom is 0.267 e. The predicted octanol–water partition coefficient (Wildman–Crippen LogP) is 1.58. The zero-order chi connectivity index (χ0) is 17.6. The second-order valence-corrected chi connectivity index (χ2v) is 5.49.